The van der Waals surface area contributed by atoms with Gasteiger partial charge in [-0.05, 0) is 68.9 Å². The number of amides is 1. The highest BCUT2D eigenvalue weighted by Gasteiger charge is 2.35. The molecule has 5 rings (SSSR count). The lowest BCUT2D eigenvalue weighted by molar-refractivity contribution is -0.127. The van der Waals surface area contributed by atoms with Crippen molar-refractivity contribution >= 4 is 40.2 Å². The van der Waals surface area contributed by atoms with Crippen LogP contribution in [0.1, 0.15) is 44.3 Å². The molecule has 0 N–H and O–H groups in total. The molecule has 0 radical (unpaired) electrons. The molecular formula is C24H24ClN3O3S. The molecule has 0 aliphatic heterocycles. The molecule has 0 spiro atoms. The minimum absolute atomic E-state index is 0.0793. The van der Waals surface area contributed by atoms with Gasteiger partial charge in [-0.15, -0.1) is 0 Å². The maximum Gasteiger partial charge on any atom is 0.262 e. The molecule has 8 heteroatoms. The summed E-state index contributed by atoms with van der Waals surface area (Å²) in [4.78, 5) is 33.2. The molecule has 0 bridgehead atoms. The first-order valence-electron chi connectivity index (χ1n) is 11.0. The van der Waals surface area contributed by atoms with Gasteiger partial charge in [0.15, 0.2) is 5.16 Å². The van der Waals surface area contributed by atoms with Gasteiger partial charge in [0.1, 0.15) is 5.76 Å². The second-order valence-corrected chi connectivity index (χ2v) is 9.63. The SMILES string of the molecule is O=C(CSc1nc2cc(Cl)ccc2c(=O)n1Cc1ccco1)N(C1=CCCCC1)C1CC1. The van der Waals surface area contributed by atoms with E-state index in [0.717, 1.165) is 37.8 Å². The smallest absolute Gasteiger partial charge is 0.262 e. The number of allylic oxidation sites excluding steroid dienone is 2. The Hall–Kier alpha value is -2.51. The molecule has 1 fully saturated rings. The van der Waals surface area contributed by atoms with Crippen LogP contribution in [0.4, 0.5) is 0 Å². The highest BCUT2D eigenvalue weighted by Crippen LogP contribution is 2.34. The fourth-order valence-electron chi connectivity index (χ4n) is 4.15. The Balaban J connectivity index is 1.45. The topological polar surface area (TPSA) is 68.3 Å². The Bertz CT molecular complexity index is 1230. The van der Waals surface area contributed by atoms with Crippen molar-refractivity contribution in [3.05, 3.63) is 69.5 Å². The van der Waals surface area contributed by atoms with E-state index in [1.54, 1.807) is 35.1 Å². The summed E-state index contributed by atoms with van der Waals surface area (Å²) in [5.41, 5.74) is 1.52. The number of furan rings is 1. The Kier molecular flexibility index (Phi) is 6.11. The predicted octanol–water partition coefficient (Wildman–Crippen LogP) is 5.23. The van der Waals surface area contributed by atoms with E-state index >= 15 is 0 Å². The molecule has 2 aliphatic carbocycles. The summed E-state index contributed by atoms with van der Waals surface area (Å²) in [5, 5.41) is 1.50. The zero-order valence-electron chi connectivity index (χ0n) is 17.6. The van der Waals surface area contributed by atoms with Gasteiger partial charge < -0.3 is 9.32 Å². The van der Waals surface area contributed by atoms with E-state index < -0.39 is 0 Å². The average Bonchev–Trinajstić information content (AvgIpc) is 3.49. The van der Waals surface area contributed by atoms with Crippen LogP contribution in [-0.4, -0.2) is 32.2 Å². The molecule has 0 saturated heterocycles. The van der Waals surface area contributed by atoms with Crippen LogP contribution in [0.2, 0.25) is 5.02 Å². The zero-order chi connectivity index (χ0) is 22.1. The standard InChI is InChI=1S/C24H24ClN3O3S/c25-16-8-11-20-21(13-16)26-24(27(23(20)30)14-19-7-4-12-31-19)32-15-22(29)28(18-9-10-18)17-5-2-1-3-6-17/h4-5,7-8,11-13,18H,1-3,6,9-10,14-15H2. The number of hydrogen-bond acceptors (Lipinski definition) is 5. The first kappa shape index (κ1) is 21.3. The first-order valence-corrected chi connectivity index (χ1v) is 12.3. The molecule has 1 aromatic carbocycles. The maximum absolute atomic E-state index is 13.3. The summed E-state index contributed by atoms with van der Waals surface area (Å²) >= 11 is 7.44. The van der Waals surface area contributed by atoms with Gasteiger partial charge in [-0.3, -0.25) is 14.2 Å². The van der Waals surface area contributed by atoms with E-state index in [-0.39, 0.29) is 23.8 Å². The summed E-state index contributed by atoms with van der Waals surface area (Å²) in [5.74, 6) is 0.961. The minimum Gasteiger partial charge on any atom is -0.467 e. The fourth-order valence-corrected chi connectivity index (χ4v) is 5.17. The number of hydrogen-bond donors (Lipinski definition) is 0. The van der Waals surface area contributed by atoms with Gasteiger partial charge in [-0.25, -0.2) is 4.98 Å². The van der Waals surface area contributed by atoms with Gasteiger partial charge in [0, 0.05) is 16.8 Å². The van der Waals surface area contributed by atoms with Crippen LogP contribution >= 0.6 is 23.4 Å². The lowest BCUT2D eigenvalue weighted by Gasteiger charge is -2.27. The third-order valence-electron chi connectivity index (χ3n) is 5.86. The van der Waals surface area contributed by atoms with E-state index in [2.05, 4.69) is 6.08 Å². The molecule has 6 nitrogen and oxygen atoms in total. The maximum atomic E-state index is 13.3. The third-order valence-corrected chi connectivity index (χ3v) is 7.05. The number of carbonyl (C=O) groups excluding carboxylic acids is 1. The lowest BCUT2D eigenvalue weighted by atomic mass is 10.0. The molecule has 1 saturated carbocycles. The lowest BCUT2D eigenvalue weighted by Crippen LogP contribution is -2.34. The van der Waals surface area contributed by atoms with Crippen LogP contribution in [0.25, 0.3) is 10.9 Å². The average molecular weight is 470 g/mol. The van der Waals surface area contributed by atoms with Gasteiger partial charge in [-0.2, -0.15) is 0 Å². The van der Waals surface area contributed by atoms with Gasteiger partial charge in [0.05, 0.1) is 29.5 Å². The second kappa shape index (κ2) is 9.16. The van der Waals surface area contributed by atoms with Crippen LogP contribution in [-0.2, 0) is 11.3 Å². The predicted molar refractivity (Wildman–Crippen MR) is 126 cm³/mol. The van der Waals surface area contributed by atoms with Crippen LogP contribution in [0.15, 0.2) is 62.7 Å². The van der Waals surface area contributed by atoms with Gasteiger partial charge in [0.2, 0.25) is 5.91 Å². The summed E-state index contributed by atoms with van der Waals surface area (Å²) in [6, 6.07) is 8.99. The monoisotopic (exact) mass is 469 g/mol. The Morgan fingerprint density at radius 1 is 1.28 bits per heavy atom. The molecule has 2 aliphatic rings. The number of benzene rings is 1. The quantitative estimate of drug-likeness (QED) is 0.350. The Morgan fingerprint density at radius 2 is 2.16 bits per heavy atom. The number of halogens is 1. The number of aromatic nitrogens is 2. The molecule has 2 aromatic heterocycles. The van der Waals surface area contributed by atoms with Crippen LogP contribution in [0, 0.1) is 0 Å². The molecular weight excluding hydrogens is 446 g/mol. The Morgan fingerprint density at radius 3 is 2.88 bits per heavy atom. The molecule has 0 atom stereocenters. The number of thioether (sulfide) groups is 1. The first-order chi connectivity index (χ1) is 15.6. The molecule has 3 aromatic rings. The summed E-state index contributed by atoms with van der Waals surface area (Å²) < 4.78 is 7.04. The molecule has 0 unspecified atom stereocenters. The van der Waals surface area contributed by atoms with E-state index in [9.17, 15) is 9.59 Å². The zero-order valence-corrected chi connectivity index (χ0v) is 19.2. The summed E-state index contributed by atoms with van der Waals surface area (Å²) in [7, 11) is 0. The third kappa shape index (κ3) is 4.50. The van der Waals surface area contributed by atoms with Crippen molar-refractivity contribution in [1.82, 2.24) is 14.5 Å². The summed E-state index contributed by atoms with van der Waals surface area (Å²) in [6.45, 7) is 0.255. The van der Waals surface area contributed by atoms with Crippen molar-refractivity contribution in [3.8, 4) is 0 Å². The molecule has 2 heterocycles. The minimum atomic E-state index is -0.174. The molecule has 32 heavy (non-hydrogen) atoms. The van der Waals surface area contributed by atoms with E-state index in [1.165, 1.54) is 18.2 Å². The Labute approximate surface area is 195 Å². The normalized spacial score (nSPS) is 16.2. The van der Waals surface area contributed by atoms with E-state index in [4.69, 9.17) is 21.0 Å². The number of rotatable bonds is 7. The largest absolute Gasteiger partial charge is 0.467 e. The van der Waals surface area contributed by atoms with Gasteiger partial charge in [0.25, 0.3) is 5.56 Å². The van der Waals surface area contributed by atoms with Crippen molar-refractivity contribution in [2.45, 2.75) is 56.3 Å². The van der Waals surface area contributed by atoms with Crippen molar-refractivity contribution in [2.75, 3.05) is 5.75 Å². The van der Waals surface area contributed by atoms with Crippen molar-refractivity contribution in [1.29, 1.82) is 0 Å². The molecule has 166 valence electrons. The highest BCUT2D eigenvalue weighted by molar-refractivity contribution is 7.99. The van der Waals surface area contributed by atoms with Crippen LogP contribution in [0.5, 0.6) is 0 Å². The number of fused-ring (bicyclic) bond motifs is 1. The highest BCUT2D eigenvalue weighted by atomic mass is 35.5. The van der Waals surface area contributed by atoms with Crippen molar-refractivity contribution in [2.24, 2.45) is 0 Å². The summed E-state index contributed by atoms with van der Waals surface area (Å²) in [6.07, 6.45) is 10.2. The van der Waals surface area contributed by atoms with E-state index in [0.29, 0.717) is 32.9 Å². The van der Waals surface area contributed by atoms with E-state index in [1.807, 2.05) is 11.0 Å². The van der Waals surface area contributed by atoms with Gasteiger partial charge >= 0.3 is 0 Å². The van der Waals surface area contributed by atoms with Crippen LogP contribution < -0.4 is 5.56 Å². The van der Waals surface area contributed by atoms with Crippen LogP contribution in [0.3, 0.4) is 0 Å². The second-order valence-electron chi connectivity index (χ2n) is 8.25. The van der Waals surface area contributed by atoms with Crippen molar-refractivity contribution < 1.29 is 9.21 Å². The van der Waals surface area contributed by atoms with Gasteiger partial charge in [-0.1, -0.05) is 29.4 Å². The fraction of sp³-hybridized carbons (Fsp3) is 0.375. The van der Waals surface area contributed by atoms with Crippen molar-refractivity contribution in [3.63, 3.8) is 0 Å². The number of nitrogens with zero attached hydrogens (tertiary/aromatic N) is 3. The number of carbonyl (C=O) groups is 1. The molecule has 1 amide bonds.